The van der Waals surface area contributed by atoms with Crippen LogP contribution in [0.15, 0.2) is 74.6 Å². The highest BCUT2D eigenvalue weighted by atomic mass is 32.2. The molecule has 3 rings (SSSR count). The van der Waals surface area contributed by atoms with Crippen molar-refractivity contribution < 1.29 is 25.9 Å². The minimum atomic E-state index is -4.40. The van der Waals surface area contributed by atoms with Gasteiger partial charge in [-0.1, -0.05) is 6.07 Å². The highest BCUT2D eigenvalue weighted by Crippen LogP contribution is 2.34. The highest BCUT2D eigenvalue weighted by Gasteiger charge is 2.13. The number of hydrazine groups is 1. The summed E-state index contributed by atoms with van der Waals surface area (Å²) < 4.78 is 63.1. The first-order valence-corrected chi connectivity index (χ1v) is 10.5. The molecule has 28 heavy (non-hydrogen) atoms. The number of nitrogens with two attached hydrogens (primary N) is 1. The van der Waals surface area contributed by atoms with E-state index in [2.05, 4.69) is 15.7 Å². The standard InChI is InChI=1S/C16H14N4O6S2/c17-18-15-7-8-16(13-6-5-12(9-14(13)15)28(24,25)26)20-19-10-1-3-11(4-2-10)27(21,22)23/h1-9,18H,17H2,(H,21,22,23)(H,24,25,26). The van der Waals surface area contributed by atoms with E-state index in [4.69, 9.17) is 10.4 Å². The number of nitrogen functional groups attached to an aromatic ring is 1. The Kier molecular flexibility index (Phi) is 5.14. The van der Waals surface area contributed by atoms with Crippen molar-refractivity contribution in [2.45, 2.75) is 9.79 Å². The van der Waals surface area contributed by atoms with Crippen molar-refractivity contribution in [1.82, 2.24) is 0 Å². The second-order valence-corrected chi connectivity index (χ2v) is 8.47. The first-order chi connectivity index (χ1) is 13.1. The van der Waals surface area contributed by atoms with Crippen LogP contribution in [-0.4, -0.2) is 25.9 Å². The van der Waals surface area contributed by atoms with Gasteiger partial charge in [-0.3, -0.25) is 14.9 Å². The second kappa shape index (κ2) is 7.26. The van der Waals surface area contributed by atoms with Crippen molar-refractivity contribution in [3.8, 4) is 0 Å². The summed E-state index contributed by atoms with van der Waals surface area (Å²) in [5, 5.41) is 9.02. The molecule has 146 valence electrons. The molecule has 0 spiro atoms. The summed E-state index contributed by atoms with van der Waals surface area (Å²) >= 11 is 0. The molecule has 0 heterocycles. The van der Waals surface area contributed by atoms with Gasteiger partial charge in [0, 0.05) is 10.8 Å². The van der Waals surface area contributed by atoms with Crippen LogP contribution in [0.4, 0.5) is 17.1 Å². The second-order valence-electron chi connectivity index (χ2n) is 5.63. The Morgan fingerprint density at radius 2 is 1.36 bits per heavy atom. The van der Waals surface area contributed by atoms with Gasteiger partial charge in [0.2, 0.25) is 0 Å². The van der Waals surface area contributed by atoms with Crippen LogP contribution in [0.5, 0.6) is 0 Å². The van der Waals surface area contributed by atoms with Crippen molar-refractivity contribution in [3.63, 3.8) is 0 Å². The molecule has 0 bridgehead atoms. The quantitative estimate of drug-likeness (QED) is 0.210. The third kappa shape index (κ3) is 4.16. The summed E-state index contributed by atoms with van der Waals surface area (Å²) in [6.45, 7) is 0. The smallest absolute Gasteiger partial charge is 0.294 e. The topological polar surface area (TPSA) is 172 Å². The summed E-state index contributed by atoms with van der Waals surface area (Å²) in [6.07, 6.45) is 0. The normalized spacial score (nSPS) is 12.5. The molecule has 0 unspecified atom stereocenters. The maximum absolute atomic E-state index is 11.4. The molecule has 12 heteroatoms. The van der Waals surface area contributed by atoms with Gasteiger partial charge in [-0.05, 0) is 48.5 Å². The molecule has 0 aliphatic heterocycles. The summed E-state index contributed by atoms with van der Waals surface area (Å²) in [6, 6.07) is 12.2. The predicted molar refractivity (Wildman–Crippen MR) is 102 cm³/mol. The SMILES string of the molecule is NNc1ccc(N=Nc2ccc(S(=O)(=O)O)cc2)c2ccc(S(=O)(=O)O)cc12. The summed E-state index contributed by atoms with van der Waals surface area (Å²) in [5.41, 5.74) is 3.57. The number of nitrogens with one attached hydrogen (secondary N) is 1. The van der Waals surface area contributed by atoms with Crippen LogP contribution in [0.25, 0.3) is 10.8 Å². The average molecular weight is 422 g/mol. The molecular weight excluding hydrogens is 408 g/mol. The summed E-state index contributed by atoms with van der Waals surface area (Å²) in [4.78, 5) is -0.570. The van der Waals surface area contributed by atoms with Crippen molar-refractivity contribution >= 4 is 48.1 Å². The van der Waals surface area contributed by atoms with Crippen molar-refractivity contribution in [1.29, 1.82) is 0 Å². The van der Waals surface area contributed by atoms with E-state index in [0.717, 1.165) is 0 Å². The summed E-state index contributed by atoms with van der Waals surface area (Å²) in [5.74, 6) is 5.45. The number of rotatable bonds is 5. The number of nitrogens with zero attached hydrogens (tertiary/aromatic N) is 2. The lowest BCUT2D eigenvalue weighted by Crippen LogP contribution is -2.07. The van der Waals surface area contributed by atoms with E-state index in [9.17, 15) is 21.4 Å². The number of anilines is 1. The predicted octanol–water partition coefficient (Wildman–Crippen LogP) is 3.03. The zero-order valence-electron chi connectivity index (χ0n) is 14.0. The van der Waals surface area contributed by atoms with E-state index in [-0.39, 0.29) is 9.79 Å². The molecule has 0 atom stereocenters. The first-order valence-electron chi connectivity index (χ1n) is 7.60. The van der Waals surface area contributed by atoms with Crippen LogP contribution < -0.4 is 11.3 Å². The molecule has 5 N–H and O–H groups in total. The number of hydrogen-bond donors (Lipinski definition) is 4. The molecule has 3 aromatic carbocycles. The molecule has 3 aromatic rings. The van der Waals surface area contributed by atoms with Crippen molar-refractivity contribution in [3.05, 3.63) is 54.6 Å². The van der Waals surface area contributed by atoms with E-state index in [1.54, 1.807) is 12.1 Å². The number of fused-ring (bicyclic) bond motifs is 1. The largest absolute Gasteiger partial charge is 0.324 e. The lowest BCUT2D eigenvalue weighted by atomic mass is 10.1. The van der Waals surface area contributed by atoms with Gasteiger partial charge in [0.25, 0.3) is 20.2 Å². The van der Waals surface area contributed by atoms with Gasteiger partial charge in [-0.25, -0.2) is 0 Å². The third-order valence-corrected chi connectivity index (χ3v) is 5.54. The van der Waals surface area contributed by atoms with Gasteiger partial charge in [-0.15, -0.1) is 5.11 Å². The van der Waals surface area contributed by atoms with Gasteiger partial charge in [0.05, 0.1) is 26.9 Å². The minimum Gasteiger partial charge on any atom is -0.324 e. The molecule has 0 saturated carbocycles. The Balaban J connectivity index is 2.05. The molecule has 0 aliphatic rings. The number of hydrogen-bond acceptors (Lipinski definition) is 8. The Morgan fingerprint density at radius 1 is 0.750 bits per heavy atom. The van der Waals surface area contributed by atoms with Crippen LogP contribution in [0.2, 0.25) is 0 Å². The van der Waals surface area contributed by atoms with E-state index >= 15 is 0 Å². The number of azo groups is 1. The molecular formula is C16H14N4O6S2. The fourth-order valence-electron chi connectivity index (χ4n) is 2.48. The Hall–Kier alpha value is -2.90. The summed E-state index contributed by atoms with van der Waals surface area (Å²) in [7, 11) is -8.70. The molecule has 10 nitrogen and oxygen atoms in total. The van der Waals surface area contributed by atoms with Gasteiger partial charge in [0.15, 0.2) is 0 Å². The molecule has 0 fully saturated rings. The zero-order valence-corrected chi connectivity index (χ0v) is 15.6. The van der Waals surface area contributed by atoms with E-state index < -0.39 is 20.2 Å². The Bertz CT molecular complexity index is 1290. The number of benzene rings is 3. The van der Waals surface area contributed by atoms with Crippen LogP contribution in [0.3, 0.4) is 0 Å². The van der Waals surface area contributed by atoms with E-state index in [0.29, 0.717) is 27.8 Å². The molecule has 0 radical (unpaired) electrons. The lowest BCUT2D eigenvalue weighted by Gasteiger charge is -2.09. The maximum Gasteiger partial charge on any atom is 0.294 e. The fourth-order valence-corrected chi connectivity index (χ4v) is 3.47. The monoisotopic (exact) mass is 422 g/mol. The minimum absolute atomic E-state index is 0.270. The van der Waals surface area contributed by atoms with Gasteiger partial charge < -0.3 is 5.43 Å². The molecule has 0 aliphatic carbocycles. The third-order valence-electron chi connectivity index (χ3n) is 3.83. The van der Waals surface area contributed by atoms with Crippen LogP contribution in [0, 0.1) is 0 Å². The fraction of sp³-hybridized carbons (Fsp3) is 0. The van der Waals surface area contributed by atoms with Gasteiger partial charge in [0.1, 0.15) is 0 Å². The van der Waals surface area contributed by atoms with Gasteiger partial charge in [-0.2, -0.15) is 21.9 Å². The molecule has 0 aromatic heterocycles. The average Bonchev–Trinajstić information content (AvgIpc) is 2.64. The van der Waals surface area contributed by atoms with E-state index in [1.807, 2.05) is 0 Å². The molecule has 0 saturated heterocycles. The van der Waals surface area contributed by atoms with Crippen molar-refractivity contribution in [2.75, 3.05) is 5.43 Å². The maximum atomic E-state index is 11.4. The van der Waals surface area contributed by atoms with Crippen LogP contribution >= 0.6 is 0 Å². The van der Waals surface area contributed by atoms with Crippen LogP contribution in [-0.2, 0) is 20.2 Å². The van der Waals surface area contributed by atoms with Crippen molar-refractivity contribution in [2.24, 2.45) is 16.1 Å². The Labute approximate surface area is 160 Å². The molecule has 0 amide bonds. The first kappa shape index (κ1) is 19.9. The van der Waals surface area contributed by atoms with Gasteiger partial charge >= 0.3 is 0 Å². The lowest BCUT2D eigenvalue weighted by molar-refractivity contribution is 0.481. The Morgan fingerprint density at radius 3 is 1.93 bits per heavy atom. The van der Waals surface area contributed by atoms with E-state index in [1.165, 1.54) is 42.5 Å². The van der Waals surface area contributed by atoms with Crippen LogP contribution in [0.1, 0.15) is 0 Å². The zero-order chi connectivity index (χ0) is 20.5. The highest BCUT2D eigenvalue weighted by molar-refractivity contribution is 7.86.